The van der Waals surface area contributed by atoms with Crippen LogP contribution in [0.1, 0.15) is 27.5 Å². The monoisotopic (exact) mass is 516 g/mol. The highest BCUT2D eigenvalue weighted by molar-refractivity contribution is 6.35. The number of carbonyl (C=O) groups excluding carboxylic acids is 1. The van der Waals surface area contributed by atoms with Crippen LogP contribution in [0.3, 0.4) is 0 Å². The summed E-state index contributed by atoms with van der Waals surface area (Å²) in [4.78, 5) is 17.3. The molecule has 0 amide bonds. The van der Waals surface area contributed by atoms with E-state index in [0.29, 0.717) is 16.1 Å². The summed E-state index contributed by atoms with van der Waals surface area (Å²) < 4.78 is 49.8. The van der Waals surface area contributed by atoms with Gasteiger partial charge >= 0.3 is 6.18 Å². The molecule has 176 valence electrons. The Morgan fingerprint density at radius 2 is 1.74 bits per heavy atom. The lowest BCUT2D eigenvalue weighted by Crippen LogP contribution is -2.19. The zero-order chi connectivity index (χ0) is 24.7. The molecule has 35 heavy (non-hydrogen) atoms. The first kappa shape index (κ1) is 23.1. The lowest BCUT2D eigenvalue weighted by Gasteiger charge is -2.15. The molecule has 0 radical (unpaired) electrons. The van der Waals surface area contributed by atoms with Crippen LogP contribution in [0.15, 0.2) is 71.4 Å². The number of fused-ring (bicyclic) bond motifs is 1. The zero-order valence-corrected chi connectivity index (χ0v) is 19.1. The third-order valence-corrected chi connectivity index (χ3v) is 5.94. The maximum Gasteiger partial charge on any atom is 0.432 e. The number of para-hydroxylation sites is 1. The second kappa shape index (κ2) is 8.83. The number of ketones is 1. The molecule has 2 aromatic carbocycles. The maximum atomic E-state index is 14.5. The van der Waals surface area contributed by atoms with Gasteiger partial charge in [-0.2, -0.15) is 13.2 Å². The molecule has 3 aromatic heterocycles. The molecule has 0 spiro atoms. The van der Waals surface area contributed by atoms with E-state index in [-0.39, 0.29) is 28.4 Å². The van der Waals surface area contributed by atoms with Gasteiger partial charge in [0, 0.05) is 45.5 Å². The standard InChI is InChI=1S/C24H13Cl2F3N4O2/c25-15-6-5-14(17(26)11-15)12-33-18-4-2-1-3-16(18)19(21(33)24(27,28)29)20(34)23-32-31-22(35-23)13-7-9-30-10-8-13/h1-11H,12H2. The molecule has 11 heteroatoms. The van der Waals surface area contributed by atoms with E-state index in [1.54, 1.807) is 30.3 Å². The first-order valence-electron chi connectivity index (χ1n) is 10.1. The van der Waals surface area contributed by atoms with Crippen molar-refractivity contribution in [2.45, 2.75) is 12.7 Å². The summed E-state index contributed by atoms with van der Waals surface area (Å²) in [6.07, 6.45) is -1.91. The topological polar surface area (TPSA) is 73.8 Å². The Hall–Kier alpha value is -3.69. The Balaban J connectivity index is 1.68. The fourth-order valence-electron chi connectivity index (χ4n) is 3.85. The van der Waals surface area contributed by atoms with Gasteiger partial charge in [-0.1, -0.05) is 47.5 Å². The molecule has 0 atom stereocenters. The molecule has 0 saturated heterocycles. The molecular formula is C24H13Cl2F3N4O2. The lowest BCUT2D eigenvalue weighted by molar-refractivity contribution is -0.143. The Bertz CT molecular complexity index is 1560. The number of rotatable bonds is 5. The zero-order valence-electron chi connectivity index (χ0n) is 17.6. The van der Waals surface area contributed by atoms with Crippen LogP contribution in [-0.2, 0) is 12.7 Å². The van der Waals surface area contributed by atoms with Crippen molar-refractivity contribution in [2.75, 3.05) is 0 Å². The number of nitrogens with zero attached hydrogens (tertiary/aromatic N) is 4. The largest absolute Gasteiger partial charge is 0.432 e. The minimum absolute atomic E-state index is 0.0130. The van der Waals surface area contributed by atoms with Crippen molar-refractivity contribution in [3.05, 3.63) is 99.7 Å². The van der Waals surface area contributed by atoms with Crippen molar-refractivity contribution in [1.82, 2.24) is 19.7 Å². The normalized spacial score (nSPS) is 11.8. The summed E-state index contributed by atoms with van der Waals surface area (Å²) in [5.74, 6) is -1.61. The Morgan fingerprint density at radius 1 is 1.00 bits per heavy atom. The number of halogens is 5. The highest BCUT2D eigenvalue weighted by Gasteiger charge is 2.42. The van der Waals surface area contributed by atoms with Crippen LogP contribution in [0.5, 0.6) is 0 Å². The summed E-state index contributed by atoms with van der Waals surface area (Å²) in [5.41, 5.74) is -0.647. The van der Waals surface area contributed by atoms with Crippen LogP contribution in [0.25, 0.3) is 22.4 Å². The molecule has 5 aromatic rings. The maximum absolute atomic E-state index is 14.5. The molecule has 0 unspecified atom stereocenters. The molecular weight excluding hydrogens is 504 g/mol. The first-order chi connectivity index (χ1) is 16.7. The number of alkyl halides is 3. The molecule has 0 saturated carbocycles. The van der Waals surface area contributed by atoms with Gasteiger partial charge in [-0.25, -0.2) is 0 Å². The molecule has 0 N–H and O–H groups in total. The van der Waals surface area contributed by atoms with Crippen LogP contribution in [0, 0.1) is 0 Å². The molecule has 0 fully saturated rings. The fraction of sp³-hybridized carbons (Fsp3) is 0.0833. The van der Waals surface area contributed by atoms with Crippen LogP contribution < -0.4 is 0 Å². The minimum atomic E-state index is -4.88. The number of aromatic nitrogens is 4. The van der Waals surface area contributed by atoms with Crippen molar-refractivity contribution in [1.29, 1.82) is 0 Å². The van der Waals surface area contributed by atoms with E-state index in [1.807, 2.05) is 0 Å². The van der Waals surface area contributed by atoms with Crippen LogP contribution in [-0.4, -0.2) is 25.5 Å². The second-order valence-corrected chi connectivity index (χ2v) is 8.38. The van der Waals surface area contributed by atoms with Crippen LogP contribution in [0.4, 0.5) is 13.2 Å². The average Bonchev–Trinajstić information content (AvgIpc) is 3.45. The van der Waals surface area contributed by atoms with Gasteiger partial charge in [-0.15, -0.1) is 10.2 Å². The minimum Gasteiger partial charge on any atom is -0.413 e. The van der Waals surface area contributed by atoms with Crippen molar-refractivity contribution in [2.24, 2.45) is 0 Å². The van der Waals surface area contributed by atoms with Gasteiger partial charge in [-0.3, -0.25) is 9.78 Å². The smallest absolute Gasteiger partial charge is 0.413 e. The highest BCUT2D eigenvalue weighted by Crippen LogP contribution is 2.40. The van der Waals surface area contributed by atoms with Crippen molar-refractivity contribution in [3.8, 4) is 11.5 Å². The third-order valence-electron chi connectivity index (χ3n) is 5.36. The summed E-state index contributed by atoms with van der Waals surface area (Å²) in [6.45, 7) is -0.245. The molecule has 5 rings (SSSR count). The predicted molar refractivity (Wildman–Crippen MR) is 123 cm³/mol. The van der Waals surface area contributed by atoms with E-state index in [0.717, 1.165) is 4.57 Å². The predicted octanol–water partition coefficient (Wildman–Crippen LogP) is 6.69. The fourth-order valence-corrected chi connectivity index (χ4v) is 4.31. The van der Waals surface area contributed by atoms with Gasteiger partial charge in [0.15, 0.2) is 0 Å². The SMILES string of the molecule is O=C(c1nnc(-c2ccncc2)o1)c1c(C(F)(F)F)n(Cc2ccc(Cl)cc2Cl)c2ccccc12. The number of carbonyl (C=O) groups is 1. The summed E-state index contributed by atoms with van der Waals surface area (Å²) >= 11 is 12.2. The molecule has 0 aliphatic rings. The molecule has 6 nitrogen and oxygen atoms in total. The number of pyridine rings is 1. The van der Waals surface area contributed by atoms with Crippen molar-refractivity contribution in [3.63, 3.8) is 0 Å². The van der Waals surface area contributed by atoms with E-state index in [1.165, 1.54) is 36.7 Å². The molecule has 0 aliphatic carbocycles. The Labute approximate surface area is 205 Å². The number of hydrogen-bond acceptors (Lipinski definition) is 5. The van der Waals surface area contributed by atoms with Gasteiger partial charge < -0.3 is 8.98 Å². The highest BCUT2D eigenvalue weighted by atomic mass is 35.5. The summed E-state index contributed by atoms with van der Waals surface area (Å²) in [7, 11) is 0. The van der Waals surface area contributed by atoms with E-state index in [4.69, 9.17) is 27.6 Å². The van der Waals surface area contributed by atoms with Gasteiger partial charge in [0.05, 0.1) is 5.56 Å². The summed E-state index contributed by atoms with van der Waals surface area (Å²) in [5, 5.41) is 8.18. The van der Waals surface area contributed by atoms with Gasteiger partial charge in [0.1, 0.15) is 5.69 Å². The second-order valence-electron chi connectivity index (χ2n) is 7.54. The Kier molecular flexibility index (Phi) is 5.82. The molecule has 0 bridgehead atoms. The van der Waals surface area contributed by atoms with Crippen molar-refractivity contribution >= 4 is 39.9 Å². The average molecular weight is 517 g/mol. The van der Waals surface area contributed by atoms with E-state index < -0.39 is 29.1 Å². The van der Waals surface area contributed by atoms with Crippen LogP contribution in [0.2, 0.25) is 10.0 Å². The van der Waals surface area contributed by atoms with E-state index in [9.17, 15) is 18.0 Å². The third kappa shape index (κ3) is 4.28. The molecule has 3 heterocycles. The number of hydrogen-bond donors (Lipinski definition) is 0. The van der Waals surface area contributed by atoms with Crippen LogP contribution >= 0.6 is 23.2 Å². The Morgan fingerprint density at radius 3 is 2.46 bits per heavy atom. The van der Waals surface area contributed by atoms with Gasteiger partial charge in [-0.05, 0) is 35.9 Å². The molecule has 0 aliphatic heterocycles. The number of benzene rings is 2. The first-order valence-corrected chi connectivity index (χ1v) is 10.9. The van der Waals surface area contributed by atoms with Crippen molar-refractivity contribution < 1.29 is 22.4 Å². The van der Waals surface area contributed by atoms with E-state index >= 15 is 0 Å². The lowest BCUT2D eigenvalue weighted by atomic mass is 10.1. The summed E-state index contributed by atoms with van der Waals surface area (Å²) in [6, 6.07) is 13.8. The quantitative estimate of drug-likeness (QED) is 0.243. The van der Waals surface area contributed by atoms with E-state index in [2.05, 4.69) is 15.2 Å². The van der Waals surface area contributed by atoms with Gasteiger partial charge in [0.25, 0.3) is 11.7 Å². The van der Waals surface area contributed by atoms with Gasteiger partial charge in [0.2, 0.25) is 5.89 Å².